The lowest BCUT2D eigenvalue weighted by Crippen LogP contribution is -2.51. The van der Waals surface area contributed by atoms with E-state index in [9.17, 15) is 9.59 Å². The van der Waals surface area contributed by atoms with Crippen LogP contribution >= 0.6 is 11.6 Å². The monoisotopic (exact) mass is 244 g/mol. The van der Waals surface area contributed by atoms with Crippen LogP contribution < -0.4 is 10.6 Å². The van der Waals surface area contributed by atoms with Crippen molar-refractivity contribution in [3.8, 4) is 0 Å². The van der Waals surface area contributed by atoms with E-state index in [1.807, 2.05) is 0 Å². The second-order valence-electron chi connectivity index (χ2n) is 4.90. The summed E-state index contributed by atoms with van der Waals surface area (Å²) in [6.07, 6.45) is 3.83. The van der Waals surface area contributed by atoms with Gasteiger partial charge in [-0.3, -0.25) is 9.59 Å². The van der Waals surface area contributed by atoms with Crippen molar-refractivity contribution in [1.29, 1.82) is 0 Å². The van der Waals surface area contributed by atoms with Gasteiger partial charge in [0.15, 0.2) is 0 Å². The van der Waals surface area contributed by atoms with Gasteiger partial charge in [-0.2, -0.15) is 0 Å². The van der Waals surface area contributed by atoms with E-state index in [-0.39, 0.29) is 23.3 Å². The Morgan fingerprint density at radius 2 is 2.50 bits per heavy atom. The van der Waals surface area contributed by atoms with Crippen LogP contribution in [0, 0.1) is 5.92 Å². The normalized spacial score (nSPS) is 34.4. The van der Waals surface area contributed by atoms with Crippen molar-refractivity contribution in [3.05, 3.63) is 0 Å². The molecule has 1 saturated heterocycles. The first kappa shape index (κ1) is 11.7. The van der Waals surface area contributed by atoms with Gasteiger partial charge in [0.2, 0.25) is 11.8 Å². The average molecular weight is 245 g/mol. The van der Waals surface area contributed by atoms with Gasteiger partial charge in [0.05, 0.1) is 5.54 Å². The number of carbonyl (C=O) groups is 2. The van der Waals surface area contributed by atoms with E-state index in [0.29, 0.717) is 6.54 Å². The SMILES string of the molecule is CC(Cl)C(=O)NCC12CCCC(C1)C(=O)N2. The predicted octanol–water partition coefficient (Wildman–Crippen LogP) is 0.789. The number of nitrogens with one attached hydrogen (secondary N) is 2. The van der Waals surface area contributed by atoms with Crippen LogP contribution in [0.15, 0.2) is 0 Å². The van der Waals surface area contributed by atoms with Gasteiger partial charge >= 0.3 is 0 Å². The maximum absolute atomic E-state index is 11.6. The fourth-order valence-corrected chi connectivity index (χ4v) is 2.74. The van der Waals surface area contributed by atoms with Crippen LogP contribution in [-0.2, 0) is 9.59 Å². The lowest BCUT2D eigenvalue weighted by Gasteiger charge is -2.32. The minimum atomic E-state index is -0.520. The number of halogens is 1. The standard InChI is InChI=1S/C11H17ClN2O2/c1-7(12)9(15)13-6-11-4-2-3-8(5-11)10(16)14-11/h7-8H,2-6H2,1H3,(H,13,15)(H,14,16). The van der Waals surface area contributed by atoms with E-state index >= 15 is 0 Å². The summed E-state index contributed by atoms with van der Waals surface area (Å²) in [4.78, 5) is 23.0. The molecule has 1 saturated carbocycles. The maximum Gasteiger partial charge on any atom is 0.237 e. The number of alkyl halides is 1. The summed E-state index contributed by atoms with van der Waals surface area (Å²) in [6.45, 7) is 2.15. The van der Waals surface area contributed by atoms with Crippen LogP contribution in [0.25, 0.3) is 0 Å². The highest BCUT2D eigenvalue weighted by Gasteiger charge is 2.46. The van der Waals surface area contributed by atoms with Crippen molar-refractivity contribution in [1.82, 2.24) is 10.6 Å². The number of fused-ring (bicyclic) bond motifs is 2. The molecule has 3 atom stereocenters. The summed E-state index contributed by atoms with van der Waals surface area (Å²) in [5, 5.41) is 5.31. The molecule has 16 heavy (non-hydrogen) atoms. The zero-order valence-corrected chi connectivity index (χ0v) is 10.1. The molecular formula is C11H17ClN2O2. The molecule has 3 unspecified atom stereocenters. The topological polar surface area (TPSA) is 58.2 Å². The van der Waals surface area contributed by atoms with Gasteiger partial charge in [-0.15, -0.1) is 11.6 Å². The fourth-order valence-electron chi connectivity index (χ4n) is 2.67. The molecular weight excluding hydrogens is 228 g/mol. The minimum Gasteiger partial charge on any atom is -0.352 e. The third-order valence-electron chi connectivity index (χ3n) is 3.57. The minimum absolute atomic E-state index is 0.144. The Labute approximate surface area is 100 Å². The van der Waals surface area contributed by atoms with Crippen molar-refractivity contribution in [2.75, 3.05) is 6.54 Å². The van der Waals surface area contributed by atoms with Gasteiger partial charge in [0.1, 0.15) is 5.38 Å². The predicted molar refractivity (Wildman–Crippen MR) is 61.2 cm³/mol. The number of hydrogen-bond acceptors (Lipinski definition) is 2. The lowest BCUT2D eigenvalue weighted by molar-refractivity contribution is -0.123. The number of amides is 2. The van der Waals surface area contributed by atoms with E-state index < -0.39 is 5.38 Å². The average Bonchev–Trinajstić information content (AvgIpc) is 2.47. The van der Waals surface area contributed by atoms with Gasteiger partial charge in [0.25, 0.3) is 0 Å². The van der Waals surface area contributed by atoms with Crippen molar-refractivity contribution in [3.63, 3.8) is 0 Å². The third-order valence-corrected chi connectivity index (χ3v) is 3.76. The van der Waals surface area contributed by atoms with Crippen LogP contribution in [0.4, 0.5) is 0 Å². The van der Waals surface area contributed by atoms with Crippen molar-refractivity contribution in [2.45, 2.75) is 43.5 Å². The highest BCUT2D eigenvalue weighted by Crippen LogP contribution is 2.37. The van der Waals surface area contributed by atoms with Crippen molar-refractivity contribution in [2.24, 2.45) is 5.92 Å². The number of rotatable bonds is 3. The first-order valence-corrected chi connectivity index (χ1v) is 6.20. The van der Waals surface area contributed by atoms with E-state index in [4.69, 9.17) is 11.6 Å². The maximum atomic E-state index is 11.6. The molecule has 0 aromatic heterocycles. The molecule has 90 valence electrons. The van der Waals surface area contributed by atoms with E-state index in [1.165, 1.54) is 0 Å². The van der Waals surface area contributed by atoms with Gasteiger partial charge in [-0.25, -0.2) is 0 Å². The van der Waals surface area contributed by atoms with E-state index in [0.717, 1.165) is 25.7 Å². The molecule has 2 aliphatic rings. The molecule has 2 rings (SSSR count). The molecule has 2 N–H and O–H groups in total. The molecule has 2 amide bonds. The zero-order chi connectivity index (χ0) is 11.8. The molecule has 1 aliphatic heterocycles. The quantitative estimate of drug-likeness (QED) is 0.722. The Balaban J connectivity index is 1.94. The highest BCUT2D eigenvalue weighted by molar-refractivity contribution is 6.30. The third kappa shape index (κ3) is 2.17. The van der Waals surface area contributed by atoms with E-state index in [2.05, 4.69) is 10.6 Å². The van der Waals surface area contributed by atoms with Gasteiger partial charge in [-0.1, -0.05) is 6.42 Å². The Kier molecular flexibility index (Phi) is 3.10. The summed E-state index contributed by atoms with van der Waals surface area (Å²) < 4.78 is 0. The zero-order valence-electron chi connectivity index (χ0n) is 9.38. The van der Waals surface area contributed by atoms with Crippen LogP contribution in [0.5, 0.6) is 0 Å². The lowest BCUT2D eigenvalue weighted by atomic mass is 9.80. The van der Waals surface area contributed by atoms with Crippen LogP contribution in [-0.4, -0.2) is 29.3 Å². The van der Waals surface area contributed by atoms with Crippen LogP contribution in [0.1, 0.15) is 32.6 Å². The van der Waals surface area contributed by atoms with Gasteiger partial charge < -0.3 is 10.6 Å². The second kappa shape index (κ2) is 4.24. The molecule has 0 radical (unpaired) electrons. The second-order valence-corrected chi connectivity index (χ2v) is 5.55. The van der Waals surface area contributed by atoms with Crippen molar-refractivity contribution >= 4 is 23.4 Å². The first-order chi connectivity index (χ1) is 7.52. The Morgan fingerprint density at radius 3 is 3.19 bits per heavy atom. The molecule has 1 heterocycles. The molecule has 0 aromatic carbocycles. The molecule has 2 fully saturated rings. The Bertz CT molecular complexity index is 319. The molecule has 5 heteroatoms. The molecule has 0 spiro atoms. The molecule has 4 nitrogen and oxygen atoms in total. The summed E-state index contributed by atoms with van der Waals surface area (Å²) in [5.74, 6) is 0.129. The largest absolute Gasteiger partial charge is 0.352 e. The van der Waals surface area contributed by atoms with E-state index in [1.54, 1.807) is 6.92 Å². The van der Waals surface area contributed by atoms with Crippen molar-refractivity contribution < 1.29 is 9.59 Å². The molecule has 2 bridgehead atoms. The van der Waals surface area contributed by atoms with Gasteiger partial charge in [0, 0.05) is 12.5 Å². The van der Waals surface area contributed by atoms with Gasteiger partial charge in [-0.05, 0) is 26.2 Å². The number of hydrogen-bond donors (Lipinski definition) is 2. The summed E-state index contributed by atoms with van der Waals surface area (Å²) in [5.41, 5.74) is -0.207. The summed E-state index contributed by atoms with van der Waals surface area (Å²) in [7, 11) is 0. The smallest absolute Gasteiger partial charge is 0.237 e. The van der Waals surface area contributed by atoms with Crippen LogP contribution in [0.3, 0.4) is 0 Å². The number of carbonyl (C=O) groups excluding carboxylic acids is 2. The first-order valence-electron chi connectivity index (χ1n) is 5.76. The highest BCUT2D eigenvalue weighted by atomic mass is 35.5. The Hall–Kier alpha value is -0.770. The Morgan fingerprint density at radius 1 is 1.75 bits per heavy atom. The molecule has 0 aromatic rings. The summed E-state index contributed by atoms with van der Waals surface area (Å²) in [6, 6.07) is 0. The van der Waals surface area contributed by atoms with Crippen LogP contribution in [0.2, 0.25) is 0 Å². The summed E-state index contributed by atoms with van der Waals surface area (Å²) >= 11 is 5.67. The molecule has 1 aliphatic carbocycles. The fraction of sp³-hybridized carbons (Fsp3) is 0.818.